The first-order valence-corrected chi connectivity index (χ1v) is 6.61. The van der Waals surface area contributed by atoms with E-state index < -0.39 is 0 Å². The number of hydrogen-bond acceptors (Lipinski definition) is 3. The molecule has 0 radical (unpaired) electrons. The van der Waals surface area contributed by atoms with Crippen LogP contribution in [0, 0.1) is 11.8 Å². The van der Waals surface area contributed by atoms with E-state index in [4.69, 9.17) is 0 Å². The lowest BCUT2D eigenvalue weighted by molar-refractivity contribution is -0.127. The van der Waals surface area contributed by atoms with Crippen LogP contribution in [0.4, 0.5) is 0 Å². The zero-order valence-corrected chi connectivity index (χ0v) is 10.5. The van der Waals surface area contributed by atoms with Crippen molar-refractivity contribution < 1.29 is 4.79 Å². The van der Waals surface area contributed by atoms with Gasteiger partial charge in [-0.05, 0) is 37.4 Å². The van der Waals surface area contributed by atoms with Crippen molar-refractivity contribution in [1.29, 1.82) is 0 Å². The molecule has 1 unspecified atom stereocenters. The smallest absolute Gasteiger partial charge is 0.223 e. The van der Waals surface area contributed by atoms with Crippen molar-refractivity contribution in [1.82, 2.24) is 10.6 Å². The van der Waals surface area contributed by atoms with Gasteiger partial charge in [0.05, 0.1) is 6.04 Å². The average Bonchev–Trinajstić information content (AvgIpc) is 2.67. The summed E-state index contributed by atoms with van der Waals surface area (Å²) in [4.78, 5) is 13.2. The van der Waals surface area contributed by atoms with Gasteiger partial charge in [0.15, 0.2) is 0 Å². The zero-order valence-electron chi connectivity index (χ0n) is 9.69. The van der Waals surface area contributed by atoms with Crippen molar-refractivity contribution in [2.24, 2.45) is 11.8 Å². The van der Waals surface area contributed by atoms with Crippen LogP contribution in [-0.4, -0.2) is 19.0 Å². The van der Waals surface area contributed by atoms with Gasteiger partial charge in [0.25, 0.3) is 0 Å². The van der Waals surface area contributed by atoms with E-state index in [2.05, 4.69) is 16.7 Å². The summed E-state index contributed by atoms with van der Waals surface area (Å²) in [5.74, 6) is 0.798. The number of carbonyl (C=O) groups is 1. The van der Waals surface area contributed by atoms with Crippen molar-refractivity contribution in [3.05, 3.63) is 22.4 Å². The Hall–Kier alpha value is -0.870. The van der Waals surface area contributed by atoms with Gasteiger partial charge in [-0.25, -0.2) is 0 Å². The van der Waals surface area contributed by atoms with Gasteiger partial charge in [0.2, 0.25) is 5.91 Å². The van der Waals surface area contributed by atoms with Crippen molar-refractivity contribution >= 4 is 17.2 Å². The molecule has 3 nitrogen and oxygen atoms in total. The van der Waals surface area contributed by atoms with Gasteiger partial charge >= 0.3 is 0 Å². The Balaban J connectivity index is 1.86. The topological polar surface area (TPSA) is 41.1 Å². The molecular weight excluding hydrogens is 220 g/mol. The Morgan fingerprint density at radius 2 is 2.31 bits per heavy atom. The van der Waals surface area contributed by atoms with Gasteiger partial charge in [-0.2, -0.15) is 0 Å². The molecule has 0 bridgehead atoms. The maximum atomic E-state index is 11.9. The summed E-state index contributed by atoms with van der Waals surface area (Å²) >= 11 is 1.69. The first-order valence-electron chi connectivity index (χ1n) is 5.73. The second kappa shape index (κ2) is 4.97. The van der Waals surface area contributed by atoms with Crippen LogP contribution in [0.2, 0.25) is 0 Å². The van der Waals surface area contributed by atoms with Gasteiger partial charge in [0, 0.05) is 10.8 Å². The lowest BCUT2D eigenvalue weighted by Gasteiger charge is -2.32. The van der Waals surface area contributed by atoms with Crippen LogP contribution < -0.4 is 10.6 Å². The molecule has 1 aromatic heterocycles. The summed E-state index contributed by atoms with van der Waals surface area (Å²) in [6.07, 6.45) is 0. The highest BCUT2D eigenvalue weighted by molar-refractivity contribution is 7.10. The van der Waals surface area contributed by atoms with E-state index in [1.54, 1.807) is 11.3 Å². The van der Waals surface area contributed by atoms with Crippen LogP contribution >= 0.6 is 11.3 Å². The zero-order chi connectivity index (χ0) is 11.5. The molecule has 1 amide bonds. The van der Waals surface area contributed by atoms with Gasteiger partial charge in [-0.1, -0.05) is 13.0 Å². The fourth-order valence-corrected chi connectivity index (χ4v) is 2.57. The van der Waals surface area contributed by atoms with E-state index >= 15 is 0 Å². The Labute approximate surface area is 100 Å². The van der Waals surface area contributed by atoms with E-state index in [9.17, 15) is 4.79 Å². The van der Waals surface area contributed by atoms with E-state index in [1.807, 2.05) is 25.3 Å². The fourth-order valence-electron chi connectivity index (χ4n) is 1.83. The van der Waals surface area contributed by atoms with Crippen LogP contribution in [0.25, 0.3) is 0 Å². The number of thiophene rings is 1. The molecule has 4 heteroatoms. The first-order chi connectivity index (χ1) is 7.68. The summed E-state index contributed by atoms with van der Waals surface area (Å²) in [6.45, 7) is 6.00. The molecule has 1 saturated heterocycles. The Morgan fingerprint density at radius 1 is 1.56 bits per heavy atom. The molecule has 2 atom stereocenters. The van der Waals surface area contributed by atoms with Crippen LogP contribution in [-0.2, 0) is 4.79 Å². The minimum absolute atomic E-state index is 0.115. The molecular formula is C12H18N2OS. The summed E-state index contributed by atoms with van der Waals surface area (Å²) < 4.78 is 0. The monoisotopic (exact) mass is 238 g/mol. The molecule has 16 heavy (non-hydrogen) atoms. The summed E-state index contributed by atoms with van der Waals surface area (Å²) in [5, 5.41) is 8.31. The van der Waals surface area contributed by atoms with Crippen molar-refractivity contribution in [3.8, 4) is 0 Å². The van der Waals surface area contributed by atoms with Crippen LogP contribution in [0.3, 0.4) is 0 Å². The number of carbonyl (C=O) groups excluding carboxylic acids is 1. The lowest BCUT2D eigenvalue weighted by atomic mass is 9.88. The number of rotatable bonds is 4. The van der Waals surface area contributed by atoms with E-state index in [-0.39, 0.29) is 17.9 Å². The second-order valence-electron chi connectivity index (χ2n) is 4.45. The van der Waals surface area contributed by atoms with Crippen molar-refractivity contribution in [2.45, 2.75) is 19.9 Å². The molecule has 1 aliphatic rings. The van der Waals surface area contributed by atoms with Gasteiger partial charge in [0.1, 0.15) is 0 Å². The Bertz CT molecular complexity index is 346. The largest absolute Gasteiger partial charge is 0.349 e. The van der Waals surface area contributed by atoms with Crippen LogP contribution in [0.1, 0.15) is 24.8 Å². The number of amides is 1. The first kappa shape index (κ1) is 11.6. The molecule has 2 N–H and O–H groups in total. The molecule has 1 fully saturated rings. The highest BCUT2D eigenvalue weighted by Gasteiger charge is 2.29. The second-order valence-corrected chi connectivity index (χ2v) is 5.43. The van der Waals surface area contributed by atoms with Crippen molar-refractivity contribution in [3.63, 3.8) is 0 Å². The summed E-state index contributed by atoms with van der Waals surface area (Å²) in [6, 6.07) is 4.20. The number of hydrogen-bond donors (Lipinski definition) is 2. The molecule has 1 aliphatic heterocycles. The summed E-state index contributed by atoms with van der Waals surface area (Å²) in [5.41, 5.74) is 0. The number of nitrogens with one attached hydrogen (secondary N) is 2. The predicted molar refractivity (Wildman–Crippen MR) is 66.4 cm³/mol. The molecule has 1 aromatic rings. The van der Waals surface area contributed by atoms with Crippen LogP contribution in [0.15, 0.2) is 17.5 Å². The predicted octanol–water partition coefficient (Wildman–Crippen LogP) is 1.78. The SMILES string of the molecule is CC(C(=O)N[C@@H](C)c1cccs1)C1CNC1. The Kier molecular flexibility index (Phi) is 3.61. The lowest BCUT2D eigenvalue weighted by Crippen LogP contribution is -2.49. The molecule has 2 rings (SSSR count). The highest BCUT2D eigenvalue weighted by atomic mass is 32.1. The molecule has 0 saturated carbocycles. The fraction of sp³-hybridized carbons (Fsp3) is 0.583. The maximum absolute atomic E-state index is 11.9. The van der Waals surface area contributed by atoms with E-state index in [0.717, 1.165) is 13.1 Å². The summed E-state index contributed by atoms with van der Waals surface area (Å²) in [7, 11) is 0. The standard InChI is InChI=1S/C12H18N2OS/c1-8(10-6-13-7-10)12(15)14-9(2)11-4-3-5-16-11/h3-5,8-10,13H,6-7H2,1-2H3,(H,14,15)/t8?,9-/m0/s1. The molecule has 0 aliphatic carbocycles. The van der Waals surface area contributed by atoms with Gasteiger partial charge < -0.3 is 10.6 Å². The molecule has 2 heterocycles. The Morgan fingerprint density at radius 3 is 2.81 bits per heavy atom. The third-order valence-electron chi connectivity index (χ3n) is 3.26. The van der Waals surface area contributed by atoms with E-state index in [1.165, 1.54) is 4.88 Å². The average molecular weight is 238 g/mol. The molecule has 0 spiro atoms. The van der Waals surface area contributed by atoms with Crippen LogP contribution in [0.5, 0.6) is 0 Å². The quantitative estimate of drug-likeness (QED) is 0.839. The van der Waals surface area contributed by atoms with E-state index in [0.29, 0.717) is 5.92 Å². The molecule has 88 valence electrons. The third kappa shape index (κ3) is 2.44. The van der Waals surface area contributed by atoms with Crippen molar-refractivity contribution in [2.75, 3.05) is 13.1 Å². The minimum Gasteiger partial charge on any atom is -0.349 e. The normalized spacial score (nSPS) is 19.9. The van der Waals surface area contributed by atoms with Gasteiger partial charge in [-0.3, -0.25) is 4.79 Å². The third-order valence-corrected chi connectivity index (χ3v) is 4.32. The highest BCUT2D eigenvalue weighted by Crippen LogP contribution is 2.21. The minimum atomic E-state index is 0.115. The maximum Gasteiger partial charge on any atom is 0.223 e. The molecule has 0 aromatic carbocycles. The van der Waals surface area contributed by atoms with Gasteiger partial charge in [-0.15, -0.1) is 11.3 Å².